The number of fused-ring (bicyclic) bond motifs is 3. The first-order valence-corrected chi connectivity index (χ1v) is 30.7. The van der Waals surface area contributed by atoms with Crippen molar-refractivity contribution < 1.29 is 27.2 Å². The lowest BCUT2D eigenvalue weighted by molar-refractivity contribution is -0.247. The molecule has 43 heavy (non-hydrogen) atoms. The van der Waals surface area contributed by atoms with Crippen LogP contribution in [0.4, 0.5) is 0 Å². The molecule has 4 rings (SSSR count). The maximum Gasteiger partial charge on any atom is 0.311 e. The highest BCUT2D eigenvalue weighted by Crippen LogP contribution is 2.74. The van der Waals surface area contributed by atoms with E-state index in [1.54, 1.807) is 7.11 Å². The minimum Gasteiger partial charge on any atom is -0.469 e. The molecule has 0 amide bonds. The average Bonchev–Trinajstić information content (AvgIpc) is 3.03. The maximum absolute atomic E-state index is 13.8. The first-order valence-electron chi connectivity index (χ1n) is 17.1. The van der Waals surface area contributed by atoms with Gasteiger partial charge >= 0.3 is 5.97 Å². The van der Waals surface area contributed by atoms with Gasteiger partial charge in [0, 0.05) is 11.3 Å². The van der Waals surface area contributed by atoms with Crippen molar-refractivity contribution in [2.24, 2.45) is 34.0 Å². The third-order valence-corrected chi connectivity index (χ3v) is 15.1. The van der Waals surface area contributed by atoms with E-state index < -0.39 is 38.7 Å². The number of methoxy groups -OCH3 is 1. The Hall–Kier alpha value is 0.178. The van der Waals surface area contributed by atoms with Crippen LogP contribution in [-0.2, 0) is 27.2 Å². The standard InChI is InChI=1S/C33H66O6Si4/c1-30-19-16-20-31(2,29(34)35-3)27(30)26(37-41(7,8)9)28(38-42(10,11)12)32-21-24(17-18-25(30)32)33(22-32,39-43(13,14)15)23-36-40(4,5)6/h24-28H,16-23H2,1-15H3/t24-,25?,26-,27?,28-,30+,31-,32-,33-/m1/s1. The Balaban J connectivity index is 1.97. The number of carbonyl (C=O) groups excluding carboxylic acids is 1. The van der Waals surface area contributed by atoms with Crippen LogP contribution in [0.25, 0.3) is 0 Å². The first-order chi connectivity index (χ1) is 19.3. The Labute approximate surface area is 268 Å². The van der Waals surface area contributed by atoms with Gasteiger partial charge in [-0.2, -0.15) is 0 Å². The van der Waals surface area contributed by atoms with Gasteiger partial charge in [0.2, 0.25) is 0 Å². The molecule has 0 aromatic carbocycles. The summed E-state index contributed by atoms with van der Waals surface area (Å²) < 4.78 is 34.7. The minimum absolute atomic E-state index is 0.0487. The number of carbonyl (C=O) groups is 1. The molecule has 0 aromatic rings. The van der Waals surface area contributed by atoms with E-state index in [0.717, 1.165) is 44.9 Å². The number of hydrogen-bond acceptors (Lipinski definition) is 6. The van der Waals surface area contributed by atoms with Crippen LogP contribution in [0.3, 0.4) is 0 Å². The zero-order valence-electron chi connectivity index (χ0n) is 30.5. The zero-order valence-corrected chi connectivity index (χ0v) is 34.5. The normalized spacial score (nSPS) is 41.9. The highest BCUT2D eigenvalue weighted by Gasteiger charge is 2.75. The van der Waals surface area contributed by atoms with Crippen LogP contribution in [0, 0.1) is 34.0 Å². The Bertz CT molecular complexity index is 1040. The van der Waals surface area contributed by atoms with E-state index in [0.29, 0.717) is 18.4 Å². The molecule has 0 heterocycles. The second kappa shape index (κ2) is 11.4. The molecule has 6 nitrogen and oxygen atoms in total. The molecule has 2 bridgehead atoms. The predicted molar refractivity (Wildman–Crippen MR) is 186 cm³/mol. The number of rotatable bonds is 10. The van der Waals surface area contributed by atoms with E-state index >= 15 is 0 Å². The fourth-order valence-electron chi connectivity index (χ4n) is 10.4. The molecule has 4 saturated carbocycles. The molecule has 4 fully saturated rings. The lowest BCUT2D eigenvalue weighted by atomic mass is 9.39. The van der Waals surface area contributed by atoms with Gasteiger partial charge in [0.25, 0.3) is 0 Å². The van der Waals surface area contributed by atoms with Crippen molar-refractivity contribution in [1.82, 2.24) is 0 Å². The molecule has 1 spiro atoms. The Kier molecular flexibility index (Phi) is 9.56. The average molecular weight is 671 g/mol. The molecule has 10 heteroatoms. The van der Waals surface area contributed by atoms with E-state index in [-0.39, 0.29) is 40.5 Å². The van der Waals surface area contributed by atoms with Crippen molar-refractivity contribution in [2.75, 3.05) is 13.7 Å². The molecule has 4 aliphatic carbocycles. The third-order valence-electron chi connectivity index (χ3n) is 11.2. The first kappa shape index (κ1) is 36.0. The summed E-state index contributed by atoms with van der Waals surface area (Å²) in [5, 5.41) is 0. The summed E-state index contributed by atoms with van der Waals surface area (Å²) >= 11 is 0. The van der Waals surface area contributed by atoms with Gasteiger partial charge in [-0.15, -0.1) is 0 Å². The lowest BCUT2D eigenvalue weighted by Gasteiger charge is -2.69. The summed E-state index contributed by atoms with van der Waals surface area (Å²) in [5.74, 6) is 0.859. The molecule has 0 aromatic heterocycles. The molecule has 4 aliphatic rings. The Morgan fingerprint density at radius 2 is 1.40 bits per heavy atom. The molecular formula is C33H66O6Si4. The molecule has 250 valence electrons. The van der Waals surface area contributed by atoms with Gasteiger partial charge in [-0.3, -0.25) is 4.79 Å². The summed E-state index contributed by atoms with van der Waals surface area (Å²) in [5.41, 5.74) is -1.02. The van der Waals surface area contributed by atoms with Crippen molar-refractivity contribution in [3.05, 3.63) is 0 Å². The zero-order chi connectivity index (χ0) is 32.7. The van der Waals surface area contributed by atoms with Crippen LogP contribution in [-0.4, -0.2) is 70.8 Å². The SMILES string of the molecule is COC(=O)[C@]1(C)CCC[C@@]2(C)C3CC[C@@H]4C[C@]3(C[C@]4(CO[Si](C)(C)C)O[Si](C)(C)C)[C@H](O[Si](C)(C)C)[C@H](O[Si](C)(C)C)C21. The molecule has 0 aliphatic heterocycles. The summed E-state index contributed by atoms with van der Waals surface area (Å²) in [4.78, 5) is 13.8. The van der Waals surface area contributed by atoms with Gasteiger partial charge in [0.15, 0.2) is 33.3 Å². The van der Waals surface area contributed by atoms with Gasteiger partial charge in [0.1, 0.15) is 0 Å². The summed E-state index contributed by atoms with van der Waals surface area (Å²) in [6, 6.07) is 0. The van der Waals surface area contributed by atoms with E-state index in [2.05, 4.69) is 92.4 Å². The largest absolute Gasteiger partial charge is 0.469 e. The van der Waals surface area contributed by atoms with Gasteiger partial charge in [0.05, 0.1) is 36.9 Å². The quantitative estimate of drug-likeness (QED) is 0.171. The van der Waals surface area contributed by atoms with E-state index in [1.165, 1.54) is 0 Å². The van der Waals surface area contributed by atoms with Crippen molar-refractivity contribution in [1.29, 1.82) is 0 Å². The van der Waals surface area contributed by atoms with Crippen molar-refractivity contribution in [3.8, 4) is 0 Å². The van der Waals surface area contributed by atoms with Crippen LogP contribution in [0.5, 0.6) is 0 Å². The van der Waals surface area contributed by atoms with Crippen LogP contribution in [0.2, 0.25) is 78.6 Å². The van der Waals surface area contributed by atoms with Crippen molar-refractivity contribution in [2.45, 2.75) is 155 Å². The lowest BCUT2D eigenvalue weighted by Crippen LogP contribution is -2.71. The molecule has 2 unspecified atom stereocenters. The van der Waals surface area contributed by atoms with Crippen LogP contribution >= 0.6 is 0 Å². The van der Waals surface area contributed by atoms with Crippen LogP contribution in [0.1, 0.15) is 58.8 Å². The van der Waals surface area contributed by atoms with Gasteiger partial charge in [-0.25, -0.2) is 0 Å². The van der Waals surface area contributed by atoms with Crippen molar-refractivity contribution in [3.63, 3.8) is 0 Å². The Morgan fingerprint density at radius 3 is 1.91 bits per heavy atom. The van der Waals surface area contributed by atoms with E-state index in [1.807, 2.05) is 0 Å². The van der Waals surface area contributed by atoms with E-state index in [9.17, 15) is 4.79 Å². The number of esters is 1. The van der Waals surface area contributed by atoms with Gasteiger partial charge in [-0.1, -0.05) is 13.3 Å². The third kappa shape index (κ3) is 6.92. The highest BCUT2D eigenvalue weighted by molar-refractivity contribution is 6.71. The van der Waals surface area contributed by atoms with Crippen LogP contribution < -0.4 is 0 Å². The van der Waals surface area contributed by atoms with Gasteiger partial charge in [-0.05, 0) is 141 Å². The summed E-state index contributed by atoms with van der Waals surface area (Å²) in [7, 11) is -6.19. The van der Waals surface area contributed by atoms with Crippen molar-refractivity contribution >= 4 is 39.2 Å². The number of ether oxygens (including phenoxy) is 1. The fourth-order valence-corrected chi connectivity index (χ4v) is 14.8. The monoisotopic (exact) mass is 670 g/mol. The fraction of sp³-hybridized carbons (Fsp3) is 0.970. The highest BCUT2D eigenvalue weighted by atomic mass is 28.4. The summed E-state index contributed by atoms with van der Waals surface area (Å²) in [6.07, 6.45) is 7.19. The predicted octanol–water partition coefficient (Wildman–Crippen LogP) is 8.67. The second-order valence-electron chi connectivity index (χ2n) is 19.2. The second-order valence-corrected chi connectivity index (χ2v) is 37.1. The van der Waals surface area contributed by atoms with E-state index in [4.69, 9.17) is 22.4 Å². The van der Waals surface area contributed by atoms with Gasteiger partial charge < -0.3 is 22.4 Å². The Morgan fingerprint density at radius 1 is 0.791 bits per heavy atom. The molecule has 0 saturated heterocycles. The van der Waals surface area contributed by atoms with Crippen LogP contribution in [0.15, 0.2) is 0 Å². The molecular weight excluding hydrogens is 605 g/mol. The smallest absolute Gasteiger partial charge is 0.311 e. The molecule has 9 atom stereocenters. The topological polar surface area (TPSA) is 63.2 Å². The number of hydrogen-bond donors (Lipinski definition) is 0. The minimum atomic E-state index is -2.04. The maximum atomic E-state index is 13.8. The molecule has 0 N–H and O–H groups in total. The molecule has 0 radical (unpaired) electrons. The summed E-state index contributed by atoms with van der Waals surface area (Å²) in [6.45, 7) is 33.2.